The van der Waals surface area contributed by atoms with Crippen LogP contribution in [0.5, 0.6) is 5.75 Å². The van der Waals surface area contributed by atoms with E-state index in [0.29, 0.717) is 16.1 Å². The number of esters is 1. The molecule has 1 aliphatic heterocycles. The van der Waals surface area contributed by atoms with Crippen molar-refractivity contribution in [2.45, 2.75) is 6.42 Å². The maximum absolute atomic E-state index is 12.8. The lowest BCUT2D eigenvalue weighted by Crippen LogP contribution is -2.28. The molecular weight excluding hydrogens is 484 g/mol. The number of nitrogens with zero attached hydrogens (tertiary/aromatic N) is 2. The van der Waals surface area contributed by atoms with Gasteiger partial charge in [0.15, 0.2) is 0 Å². The number of fused-ring (bicyclic) bond motifs is 5. The van der Waals surface area contributed by atoms with Gasteiger partial charge in [-0.3, -0.25) is 9.59 Å². The minimum atomic E-state index is -0.546. The molecule has 2 amide bonds. The minimum absolute atomic E-state index is 0.111. The number of carbonyl (C=O) groups excluding carboxylic acids is 3. The molecule has 2 fully saturated rings. The molecule has 2 bridgehead atoms. The van der Waals surface area contributed by atoms with Crippen molar-refractivity contribution in [1.29, 1.82) is 0 Å². The average molecular weight is 500 g/mol. The molecular formula is C23H16BrClN2O4. The Balaban J connectivity index is 1.38. The predicted molar refractivity (Wildman–Crippen MR) is 118 cm³/mol. The van der Waals surface area contributed by atoms with Gasteiger partial charge in [-0.2, -0.15) is 10.1 Å². The topological polar surface area (TPSA) is 76.0 Å². The van der Waals surface area contributed by atoms with Gasteiger partial charge in [0.1, 0.15) is 5.75 Å². The number of amides is 2. The van der Waals surface area contributed by atoms with Gasteiger partial charge in [0.05, 0.1) is 23.6 Å². The highest BCUT2D eigenvalue weighted by Crippen LogP contribution is 2.52. The molecule has 31 heavy (non-hydrogen) atoms. The smallest absolute Gasteiger partial charge is 0.343 e. The summed E-state index contributed by atoms with van der Waals surface area (Å²) in [6.07, 6.45) is 6.25. The van der Waals surface area contributed by atoms with E-state index in [1.807, 2.05) is 12.2 Å². The lowest BCUT2D eigenvalue weighted by atomic mass is 9.85. The summed E-state index contributed by atoms with van der Waals surface area (Å²) in [4.78, 5) is 38.1. The van der Waals surface area contributed by atoms with E-state index < -0.39 is 5.97 Å². The first kappa shape index (κ1) is 20.2. The zero-order chi connectivity index (χ0) is 21.7. The normalized spacial score (nSPS) is 26.2. The Bertz CT molecular complexity index is 1130. The number of allylic oxidation sites excluding steroid dienone is 2. The van der Waals surface area contributed by atoms with Crippen LogP contribution in [0.25, 0.3) is 0 Å². The average Bonchev–Trinajstić information content (AvgIpc) is 3.43. The van der Waals surface area contributed by atoms with E-state index in [-0.39, 0.29) is 41.2 Å². The summed E-state index contributed by atoms with van der Waals surface area (Å²) in [5.41, 5.74) is 0.762. The van der Waals surface area contributed by atoms with E-state index in [2.05, 4.69) is 21.0 Å². The Hall–Kier alpha value is -2.77. The fraction of sp³-hybridized carbons (Fsp3) is 0.217. The SMILES string of the molecule is O=C(Oc1ccc(Cl)cc1C=NN1C(=O)[C@@H]2[C@H](C1=O)[C@H]1C=C[C@H]2C1)c1ccc(Br)cc1. The zero-order valence-corrected chi connectivity index (χ0v) is 18.4. The number of rotatable bonds is 4. The van der Waals surface area contributed by atoms with Crippen molar-refractivity contribution in [2.24, 2.45) is 28.8 Å². The molecule has 1 saturated heterocycles. The molecule has 4 atom stereocenters. The largest absolute Gasteiger partial charge is 0.422 e. The number of hydrogen-bond donors (Lipinski definition) is 0. The fourth-order valence-electron chi connectivity index (χ4n) is 4.58. The summed E-state index contributed by atoms with van der Waals surface area (Å²) >= 11 is 9.43. The molecule has 2 aromatic carbocycles. The highest BCUT2D eigenvalue weighted by atomic mass is 79.9. The summed E-state index contributed by atoms with van der Waals surface area (Å²) in [7, 11) is 0. The monoisotopic (exact) mass is 498 g/mol. The van der Waals surface area contributed by atoms with Gasteiger partial charge in [-0.25, -0.2) is 4.79 Å². The zero-order valence-electron chi connectivity index (χ0n) is 16.1. The molecule has 1 saturated carbocycles. The van der Waals surface area contributed by atoms with E-state index in [1.54, 1.807) is 42.5 Å². The van der Waals surface area contributed by atoms with Gasteiger partial charge in [0.2, 0.25) is 0 Å². The number of halogens is 2. The number of ether oxygens (including phenoxy) is 1. The Kier molecular flexibility index (Phi) is 5.02. The maximum Gasteiger partial charge on any atom is 0.343 e. The van der Waals surface area contributed by atoms with Gasteiger partial charge in [-0.1, -0.05) is 39.7 Å². The predicted octanol–water partition coefficient (Wildman–Crippen LogP) is 4.46. The van der Waals surface area contributed by atoms with Gasteiger partial charge in [-0.15, -0.1) is 0 Å². The molecule has 2 aliphatic carbocycles. The molecule has 3 aliphatic rings. The molecule has 0 unspecified atom stereocenters. The first-order valence-electron chi connectivity index (χ1n) is 9.80. The van der Waals surface area contributed by atoms with Crippen molar-refractivity contribution in [3.05, 3.63) is 75.2 Å². The molecule has 0 spiro atoms. The molecule has 156 valence electrons. The van der Waals surface area contributed by atoms with Crippen molar-refractivity contribution >= 4 is 51.5 Å². The van der Waals surface area contributed by atoms with Crippen LogP contribution in [0.15, 0.2) is 64.2 Å². The third kappa shape index (κ3) is 3.51. The number of hydrazone groups is 1. The quantitative estimate of drug-likeness (QED) is 0.205. The molecule has 2 aromatic rings. The van der Waals surface area contributed by atoms with Crippen LogP contribution in [-0.4, -0.2) is 29.0 Å². The second-order valence-corrected chi connectivity index (χ2v) is 9.16. The summed E-state index contributed by atoms with van der Waals surface area (Å²) in [6, 6.07) is 11.5. The van der Waals surface area contributed by atoms with Gasteiger partial charge < -0.3 is 4.74 Å². The second-order valence-electron chi connectivity index (χ2n) is 7.81. The lowest BCUT2D eigenvalue weighted by molar-refractivity contribution is -0.140. The Morgan fingerprint density at radius 2 is 1.71 bits per heavy atom. The third-order valence-electron chi connectivity index (χ3n) is 6.01. The summed E-state index contributed by atoms with van der Waals surface area (Å²) in [6.45, 7) is 0. The number of hydrogen-bond acceptors (Lipinski definition) is 5. The molecule has 1 heterocycles. The van der Waals surface area contributed by atoms with E-state index in [4.69, 9.17) is 16.3 Å². The Morgan fingerprint density at radius 3 is 2.35 bits per heavy atom. The molecule has 5 rings (SSSR count). The van der Waals surface area contributed by atoms with Gasteiger partial charge in [-0.05, 0) is 60.7 Å². The highest BCUT2D eigenvalue weighted by molar-refractivity contribution is 9.10. The second kappa shape index (κ2) is 7.73. The van der Waals surface area contributed by atoms with Crippen LogP contribution >= 0.6 is 27.5 Å². The van der Waals surface area contributed by atoms with E-state index >= 15 is 0 Å². The van der Waals surface area contributed by atoms with Crippen LogP contribution in [-0.2, 0) is 9.59 Å². The molecule has 0 aromatic heterocycles. The van der Waals surface area contributed by atoms with Gasteiger partial charge >= 0.3 is 5.97 Å². The molecule has 6 nitrogen and oxygen atoms in total. The molecule has 0 radical (unpaired) electrons. The van der Waals surface area contributed by atoms with Crippen molar-refractivity contribution in [2.75, 3.05) is 0 Å². The maximum atomic E-state index is 12.8. The first-order valence-corrected chi connectivity index (χ1v) is 11.0. The van der Waals surface area contributed by atoms with Crippen LogP contribution in [0, 0.1) is 23.7 Å². The molecule has 0 N–H and O–H groups in total. The number of carbonyl (C=O) groups is 3. The van der Waals surface area contributed by atoms with Crippen molar-refractivity contribution in [3.63, 3.8) is 0 Å². The van der Waals surface area contributed by atoms with Crippen molar-refractivity contribution in [3.8, 4) is 5.75 Å². The van der Waals surface area contributed by atoms with E-state index in [9.17, 15) is 14.4 Å². The number of benzene rings is 2. The fourth-order valence-corrected chi connectivity index (χ4v) is 5.02. The van der Waals surface area contributed by atoms with Crippen LogP contribution < -0.4 is 4.74 Å². The van der Waals surface area contributed by atoms with E-state index in [0.717, 1.165) is 15.9 Å². The first-order chi connectivity index (χ1) is 14.9. The van der Waals surface area contributed by atoms with Crippen LogP contribution in [0.2, 0.25) is 5.02 Å². The van der Waals surface area contributed by atoms with Crippen LogP contribution in [0.3, 0.4) is 0 Å². The summed E-state index contributed by atoms with van der Waals surface area (Å²) < 4.78 is 6.36. The van der Waals surface area contributed by atoms with Crippen LogP contribution in [0.1, 0.15) is 22.3 Å². The molecule has 8 heteroatoms. The summed E-state index contributed by atoms with van der Waals surface area (Å²) in [5, 5.41) is 5.51. The summed E-state index contributed by atoms with van der Waals surface area (Å²) in [5.74, 6) is -1.31. The van der Waals surface area contributed by atoms with E-state index in [1.165, 1.54) is 6.21 Å². The van der Waals surface area contributed by atoms with Gasteiger partial charge in [0, 0.05) is 15.1 Å². The third-order valence-corrected chi connectivity index (χ3v) is 6.78. The van der Waals surface area contributed by atoms with Crippen LogP contribution in [0.4, 0.5) is 0 Å². The van der Waals surface area contributed by atoms with Crippen molar-refractivity contribution in [1.82, 2.24) is 5.01 Å². The minimum Gasteiger partial charge on any atom is -0.422 e. The van der Waals surface area contributed by atoms with Gasteiger partial charge in [0.25, 0.3) is 11.8 Å². The Labute approximate surface area is 191 Å². The number of imide groups is 1. The standard InChI is InChI=1S/C23H16BrClN2O4/c24-16-5-3-12(4-6-16)23(30)31-18-8-7-17(25)10-15(18)11-26-27-21(28)19-13-1-2-14(9-13)20(19)22(27)29/h1-8,10-11,13-14,19-20H,9H2/t13-,14-,19-,20+/m0/s1. The Morgan fingerprint density at radius 1 is 1.06 bits per heavy atom. The lowest BCUT2D eigenvalue weighted by Gasteiger charge is -2.13. The van der Waals surface area contributed by atoms with Crippen molar-refractivity contribution < 1.29 is 19.1 Å². The highest BCUT2D eigenvalue weighted by Gasteiger charge is 2.59.